The predicted octanol–water partition coefficient (Wildman–Crippen LogP) is 4.03. The van der Waals surface area contributed by atoms with E-state index < -0.39 is 5.97 Å². The molecule has 0 aliphatic heterocycles. The molecular weight excluding hydrogens is 314 g/mol. The monoisotopic (exact) mass is 325 g/mol. The fraction of sp³-hybridized carbons (Fsp3) is 0.385. The van der Waals surface area contributed by atoms with Crippen LogP contribution < -0.4 is 0 Å². The third kappa shape index (κ3) is 2.06. The molecule has 1 aliphatic carbocycles. The first-order valence-corrected chi connectivity index (χ1v) is 7.55. The van der Waals surface area contributed by atoms with Crippen molar-refractivity contribution in [2.75, 3.05) is 0 Å². The molecule has 1 aromatic carbocycles. The summed E-state index contributed by atoms with van der Waals surface area (Å²) in [6, 6.07) is 5.99. The van der Waals surface area contributed by atoms with Crippen molar-refractivity contribution in [3.63, 3.8) is 0 Å². The van der Waals surface area contributed by atoms with E-state index in [2.05, 4.69) is 20.9 Å². The van der Waals surface area contributed by atoms with Crippen molar-refractivity contribution in [3.8, 4) is 0 Å². The molecule has 1 N–H and O–H groups in total. The van der Waals surface area contributed by atoms with Crippen LogP contribution in [0.25, 0.3) is 10.2 Å². The number of halogens is 1. The molecular formula is C13H12BrNO2S. The summed E-state index contributed by atoms with van der Waals surface area (Å²) >= 11 is 5.07. The molecule has 1 aromatic heterocycles. The number of fused-ring (bicyclic) bond motifs is 1. The topological polar surface area (TPSA) is 50.2 Å². The van der Waals surface area contributed by atoms with E-state index in [4.69, 9.17) is 0 Å². The van der Waals surface area contributed by atoms with E-state index >= 15 is 0 Å². The van der Waals surface area contributed by atoms with Crippen LogP contribution in [0.4, 0.5) is 0 Å². The van der Waals surface area contributed by atoms with E-state index in [1.807, 2.05) is 18.2 Å². The van der Waals surface area contributed by atoms with Gasteiger partial charge in [-0.1, -0.05) is 22.4 Å². The van der Waals surface area contributed by atoms with Crippen molar-refractivity contribution in [2.45, 2.75) is 25.2 Å². The Labute approximate surface area is 117 Å². The molecule has 3 nitrogen and oxygen atoms in total. The number of benzene rings is 1. The van der Waals surface area contributed by atoms with Gasteiger partial charge in [-0.3, -0.25) is 4.79 Å². The molecule has 0 saturated heterocycles. The number of aliphatic carboxylic acids is 1. The van der Waals surface area contributed by atoms with Crippen LogP contribution in [0.2, 0.25) is 0 Å². The third-order valence-corrected chi connectivity index (χ3v) is 5.16. The number of aromatic nitrogens is 1. The number of nitrogens with zero attached hydrogens (tertiary/aromatic N) is 1. The highest BCUT2D eigenvalue weighted by molar-refractivity contribution is 9.10. The number of carbonyl (C=O) groups is 1. The highest BCUT2D eigenvalue weighted by atomic mass is 79.9. The molecule has 0 bridgehead atoms. The Balaban J connectivity index is 2.01. The zero-order valence-corrected chi connectivity index (χ0v) is 12.0. The number of rotatable bonds is 2. The number of carboxylic acid groups (broad SMARTS) is 1. The minimum atomic E-state index is -0.682. The van der Waals surface area contributed by atoms with Gasteiger partial charge in [-0.25, -0.2) is 4.98 Å². The van der Waals surface area contributed by atoms with Crippen LogP contribution in [0.1, 0.15) is 30.2 Å². The van der Waals surface area contributed by atoms with Gasteiger partial charge in [-0.05, 0) is 31.0 Å². The molecule has 94 valence electrons. The SMILES string of the molecule is O=C(O)C1CCCC1c1nc2ccc(Br)cc2s1. The molecule has 1 aliphatic rings. The van der Waals surface area contributed by atoms with Gasteiger partial charge in [0, 0.05) is 10.4 Å². The van der Waals surface area contributed by atoms with Crippen LogP contribution in [0.5, 0.6) is 0 Å². The first-order chi connectivity index (χ1) is 8.65. The van der Waals surface area contributed by atoms with Gasteiger partial charge in [0.2, 0.25) is 0 Å². The van der Waals surface area contributed by atoms with Crippen LogP contribution in [-0.2, 0) is 4.79 Å². The van der Waals surface area contributed by atoms with Gasteiger partial charge in [-0.15, -0.1) is 11.3 Å². The van der Waals surface area contributed by atoms with Crippen LogP contribution in [0, 0.1) is 5.92 Å². The fourth-order valence-electron chi connectivity index (χ4n) is 2.63. The van der Waals surface area contributed by atoms with Gasteiger partial charge in [0.05, 0.1) is 21.1 Å². The normalized spacial score (nSPS) is 23.6. The second-order valence-corrected chi connectivity index (χ2v) is 6.62. The number of thiazole rings is 1. The molecule has 18 heavy (non-hydrogen) atoms. The van der Waals surface area contributed by atoms with Crippen molar-refractivity contribution in [1.29, 1.82) is 0 Å². The third-order valence-electron chi connectivity index (χ3n) is 3.52. The Hall–Kier alpha value is -0.940. The maximum absolute atomic E-state index is 11.2. The molecule has 1 heterocycles. The standard InChI is InChI=1S/C13H12BrNO2S/c14-7-4-5-10-11(6-7)18-12(15-10)8-2-1-3-9(8)13(16)17/h4-6,8-9H,1-3H2,(H,16,17). The first-order valence-electron chi connectivity index (χ1n) is 5.94. The molecule has 2 atom stereocenters. The summed E-state index contributed by atoms with van der Waals surface area (Å²) in [5, 5.41) is 10.2. The van der Waals surface area contributed by atoms with Crippen molar-refractivity contribution < 1.29 is 9.90 Å². The van der Waals surface area contributed by atoms with Crippen LogP contribution >= 0.6 is 27.3 Å². The molecule has 1 saturated carbocycles. The maximum atomic E-state index is 11.2. The summed E-state index contributed by atoms with van der Waals surface area (Å²) in [7, 11) is 0. The van der Waals surface area contributed by atoms with E-state index in [-0.39, 0.29) is 11.8 Å². The Morgan fingerprint density at radius 2 is 2.28 bits per heavy atom. The Kier molecular flexibility index (Phi) is 3.11. The summed E-state index contributed by atoms with van der Waals surface area (Å²) in [4.78, 5) is 15.8. The summed E-state index contributed by atoms with van der Waals surface area (Å²) in [6.07, 6.45) is 2.71. The lowest BCUT2D eigenvalue weighted by atomic mass is 9.97. The quantitative estimate of drug-likeness (QED) is 0.906. The summed E-state index contributed by atoms with van der Waals surface area (Å²) < 4.78 is 2.15. The second kappa shape index (κ2) is 4.63. The van der Waals surface area contributed by atoms with E-state index in [1.165, 1.54) is 0 Å². The molecule has 0 radical (unpaired) electrons. The largest absolute Gasteiger partial charge is 0.481 e. The van der Waals surface area contributed by atoms with E-state index in [0.29, 0.717) is 0 Å². The first kappa shape index (κ1) is 12.1. The van der Waals surface area contributed by atoms with Crippen molar-refractivity contribution in [3.05, 3.63) is 27.7 Å². The van der Waals surface area contributed by atoms with E-state index in [0.717, 1.165) is 39.0 Å². The highest BCUT2D eigenvalue weighted by Crippen LogP contribution is 2.42. The second-order valence-electron chi connectivity index (χ2n) is 4.65. The number of carboxylic acids is 1. The van der Waals surface area contributed by atoms with Crippen molar-refractivity contribution >= 4 is 43.5 Å². The zero-order chi connectivity index (χ0) is 12.7. The molecule has 5 heteroatoms. The van der Waals surface area contributed by atoms with Gasteiger partial charge >= 0.3 is 5.97 Å². The van der Waals surface area contributed by atoms with Crippen molar-refractivity contribution in [2.24, 2.45) is 5.92 Å². The van der Waals surface area contributed by atoms with Gasteiger partial charge < -0.3 is 5.11 Å². The Morgan fingerprint density at radius 1 is 1.44 bits per heavy atom. The minimum absolute atomic E-state index is 0.0960. The van der Waals surface area contributed by atoms with Crippen LogP contribution in [0.15, 0.2) is 22.7 Å². The van der Waals surface area contributed by atoms with Crippen LogP contribution in [0.3, 0.4) is 0 Å². The Bertz CT molecular complexity index is 610. The highest BCUT2D eigenvalue weighted by Gasteiger charge is 2.35. The van der Waals surface area contributed by atoms with Gasteiger partial charge in [-0.2, -0.15) is 0 Å². The average Bonchev–Trinajstić information content (AvgIpc) is 2.93. The Morgan fingerprint density at radius 3 is 3.06 bits per heavy atom. The lowest BCUT2D eigenvalue weighted by Crippen LogP contribution is -2.16. The fourth-order valence-corrected chi connectivity index (χ4v) is 4.35. The lowest BCUT2D eigenvalue weighted by Gasteiger charge is -2.11. The van der Waals surface area contributed by atoms with Crippen LogP contribution in [-0.4, -0.2) is 16.1 Å². The summed E-state index contributed by atoms with van der Waals surface area (Å²) in [5.74, 6) is -0.842. The zero-order valence-electron chi connectivity index (χ0n) is 9.60. The van der Waals surface area contributed by atoms with E-state index in [9.17, 15) is 9.90 Å². The van der Waals surface area contributed by atoms with Gasteiger partial charge in [0.1, 0.15) is 0 Å². The molecule has 0 amide bonds. The number of hydrogen-bond donors (Lipinski definition) is 1. The van der Waals surface area contributed by atoms with Gasteiger partial charge in [0.15, 0.2) is 0 Å². The molecule has 2 unspecified atom stereocenters. The van der Waals surface area contributed by atoms with Gasteiger partial charge in [0.25, 0.3) is 0 Å². The molecule has 2 aromatic rings. The smallest absolute Gasteiger partial charge is 0.307 e. The maximum Gasteiger partial charge on any atom is 0.307 e. The van der Waals surface area contributed by atoms with Crippen molar-refractivity contribution in [1.82, 2.24) is 4.98 Å². The number of hydrogen-bond acceptors (Lipinski definition) is 3. The summed E-state index contributed by atoms with van der Waals surface area (Å²) in [5.41, 5.74) is 0.967. The molecule has 0 spiro atoms. The average molecular weight is 326 g/mol. The lowest BCUT2D eigenvalue weighted by molar-refractivity contribution is -0.142. The summed E-state index contributed by atoms with van der Waals surface area (Å²) in [6.45, 7) is 0. The molecule has 3 rings (SSSR count). The molecule has 1 fully saturated rings. The minimum Gasteiger partial charge on any atom is -0.481 e. The predicted molar refractivity (Wildman–Crippen MR) is 75.0 cm³/mol. The van der Waals surface area contributed by atoms with E-state index in [1.54, 1.807) is 11.3 Å².